The van der Waals surface area contributed by atoms with Crippen molar-refractivity contribution in [1.29, 1.82) is 0 Å². The van der Waals surface area contributed by atoms with E-state index in [0.29, 0.717) is 11.8 Å². The van der Waals surface area contributed by atoms with Crippen LogP contribution < -0.4 is 5.32 Å². The van der Waals surface area contributed by atoms with Crippen LogP contribution in [0.3, 0.4) is 0 Å². The number of rotatable bonds is 5. The molecule has 0 aliphatic carbocycles. The third kappa shape index (κ3) is 3.93. The van der Waals surface area contributed by atoms with Crippen LogP contribution >= 0.6 is 11.8 Å². The molecule has 2 amide bonds. The standard InChI is InChI=1S/C16H28N2O2S/c1-10(2)7-13-16(20)18(8-12-5-6-21-9-12)14(11(3)4)15(19)17-13/h10-14H,5-9H2,1-4H3,(H,17,19). The highest BCUT2D eigenvalue weighted by atomic mass is 32.2. The first kappa shape index (κ1) is 16.7. The predicted octanol–water partition coefficient (Wildman–Crippen LogP) is 2.14. The Balaban J connectivity index is 2.15. The number of piperazine rings is 1. The lowest BCUT2D eigenvalue weighted by atomic mass is 9.92. The number of nitrogens with zero attached hydrogens (tertiary/aromatic N) is 1. The van der Waals surface area contributed by atoms with Crippen LogP contribution in [0.5, 0.6) is 0 Å². The van der Waals surface area contributed by atoms with Crippen molar-refractivity contribution in [3.63, 3.8) is 0 Å². The minimum absolute atomic E-state index is 0.0286. The monoisotopic (exact) mass is 312 g/mol. The summed E-state index contributed by atoms with van der Waals surface area (Å²) in [7, 11) is 0. The Labute approximate surface area is 132 Å². The van der Waals surface area contributed by atoms with Gasteiger partial charge in [0.15, 0.2) is 0 Å². The van der Waals surface area contributed by atoms with Crippen LogP contribution in [0.15, 0.2) is 0 Å². The fourth-order valence-corrected chi connectivity index (χ4v) is 4.57. The van der Waals surface area contributed by atoms with E-state index in [9.17, 15) is 9.59 Å². The highest BCUT2D eigenvalue weighted by Gasteiger charge is 2.42. The summed E-state index contributed by atoms with van der Waals surface area (Å²) in [4.78, 5) is 27.1. The minimum Gasteiger partial charge on any atom is -0.342 e. The topological polar surface area (TPSA) is 49.4 Å². The number of hydrogen-bond acceptors (Lipinski definition) is 3. The van der Waals surface area contributed by atoms with Crippen molar-refractivity contribution in [3.05, 3.63) is 0 Å². The van der Waals surface area contributed by atoms with Gasteiger partial charge in [0.05, 0.1) is 0 Å². The van der Waals surface area contributed by atoms with Crippen molar-refractivity contribution in [2.75, 3.05) is 18.1 Å². The van der Waals surface area contributed by atoms with Gasteiger partial charge in [-0.2, -0.15) is 11.8 Å². The van der Waals surface area contributed by atoms with Crippen LogP contribution in [0.1, 0.15) is 40.5 Å². The average Bonchev–Trinajstić information content (AvgIpc) is 2.87. The van der Waals surface area contributed by atoms with E-state index in [1.165, 1.54) is 5.75 Å². The second-order valence-corrected chi connectivity index (χ2v) is 8.25. The molecule has 3 unspecified atom stereocenters. The van der Waals surface area contributed by atoms with Crippen molar-refractivity contribution in [2.24, 2.45) is 17.8 Å². The van der Waals surface area contributed by atoms with Gasteiger partial charge in [0, 0.05) is 6.54 Å². The summed E-state index contributed by atoms with van der Waals surface area (Å²) in [5.74, 6) is 3.55. The molecule has 0 aromatic heterocycles. The van der Waals surface area contributed by atoms with Crippen LogP contribution in [0.2, 0.25) is 0 Å². The quantitative estimate of drug-likeness (QED) is 0.846. The third-order valence-corrected chi connectivity index (χ3v) is 5.55. The average molecular weight is 312 g/mol. The zero-order valence-electron chi connectivity index (χ0n) is 13.6. The van der Waals surface area contributed by atoms with E-state index in [0.717, 1.165) is 25.1 Å². The summed E-state index contributed by atoms with van der Waals surface area (Å²) in [6.45, 7) is 8.97. The van der Waals surface area contributed by atoms with E-state index in [2.05, 4.69) is 19.2 Å². The highest BCUT2D eigenvalue weighted by Crippen LogP contribution is 2.28. The molecule has 0 bridgehead atoms. The molecule has 2 aliphatic heterocycles. The summed E-state index contributed by atoms with van der Waals surface area (Å²) in [5.41, 5.74) is 0. The predicted molar refractivity (Wildman–Crippen MR) is 87.2 cm³/mol. The molecule has 2 saturated heterocycles. The van der Waals surface area contributed by atoms with Crippen LogP contribution in [0.25, 0.3) is 0 Å². The largest absolute Gasteiger partial charge is 0.342 e. The maximum atomic E-state index is 12.8. The fourth-order valence-electron chi connectivity index (χ4n) is 3.30. The number of amides is 2. The van der Waals surface area contributed by atoms with E-state index in [1.807, 2.05) is 30.5 Å². The number of nitrogens with one attached hydrogen (secondary N) is 1. The number of hydrogen-bond donors (Lipinski definition) is 1. The van der Waals surface area contributed by atoms with E-state index in [1.54, 1.807) is 0 Å². The van der Waals surface area contributed by atoms with Crippen LogP contribution in [-0.4, -0.2) is 46.8 Å². The van der Waals surface area contributed by atoms with Crippen LogP contribution in [-0.2, 0) is 9.59 Å². The lowest BCUT2D eigenvalue weighted by molar-refractivity contribution is -0.152. The summed E-state index contributed by atoms with van der Waals surface area (Å²) < 4.78 is 0. The maximum Gasteiger partial charge on any atom is 0.245 e. The molecule has 4 nitrogen and oxygen atoms in total. The first-order valence-electron chi connectivity index (χ1n) is 8.08. The molecule has 0 radical (unpaired) electrons. The first-order chi connectivity index (χ1) is 9.90. The fraction of sp³-hybridized carbons (Fsp3) is 0.875. The summed E-state index contributed by atoms with van der Waals surface area (Å²) in [6, 6.07) is -0.631. The van der Waals surface area contributed by atoms with Crippen molar-refractivity contribution in [2.45, 2.75) is 52.6 Å². The Bertz CT molecular complexity index is 392. The van der Waals surface area contributed by atoms with Crippen molar-refractivity contribution < 1.29 is 9.59 Å². The molecule has 0 aromatic rings. The van der Waals surface area contributed by atoms with Crippen molar-refractivity contribution in [3.8, 4) is 0 Å². The van der Waals surface area contributed by atoms with Gasteiger partial charge in [0.25, 0.3) is 0 Å². The number of carbonyl (C=O) groups excluding carboxylic acids is 2. The second kappa shape index (κ2) is 7.03. The zero-order valence-corrected chi connectivity index (χ0v) is 14.4. The molecule has 2 heterocycles. The summed E-state index contributed by atoms with van der Waals surface area (Å²) in [5, 5.41) is 2.95. The van der Waals surface area contributed by atoms with Gasteiger partial charge in [-0.15, -0.1) is 0 Å². The molecule has 21 heavy (non-hydrogen) atoms. The molecule has 3 atom stereocenters. The van der Waals surface area contributed by atoms with Gasteiger partial charge >= 0.3 is 0 Å². The van der Waals surface area contributed by atoms with Crippen molar-refractivity contribution >= 4 is 23.6 Å². The molecule has 120 valence electrons. The third-order valence-electron chi connectivity index (χ3n) is 4.32. The normalized spacial score (nSPS) is 30.4. The molecule has 2 aliphatic rings. The van der Waals surface area contributed by atoms with Gasteiger partial charge in [-0.1, -0.05) is 27.7 Å². The van der Waals surface area contributed by atoms with Gasteiger partial charge in [0.2, 0.25) is 11.8 Å². The number of thioether (sulfide) groups is 1. The molecule has 2 fully saturated rings. The Hall–Kier alpha value is -0.710. The Morgan fingerprint density at radius 2 is 2.00 bits per heavy atom. The van der Waals surface area contributed by atoms with Gasteiger partial charge in [-0.05, 0) is 42.1 Å². The minimum atomic E-state index is -0.332. The molecule has 1 N–H and O–H groups in total. The number of carbonyl (C=O) groups is 2. The molecule has 2 rings (SSSR count). The molecular weight excluding hydrogens is 284 g/mol. The van der Waals surface area contributed by atoms with E-state index in [4.69, 9.17) is 0 Å². The molecule has 0 spiro atoms. The first-order valence-corrected chi connectivity index (χ1v) is 9.24. The molecule has 0 aromatic carbocycles. The second-order valence-electron chi connectivity index (χ2n) is 7.10. The lowest BCUT2D eigenvalue weighted by Crippen LogP contribution is -2.65. The summed E-state index contributed by atoms with van der Waals surface area (Å²) in [6.07, 6.45) is 1.89. The maximum absolute atomic E-state index is 12.8. The SMILES string of the molecule is CC(C)CC1NC(=O)C(C(C)C)N(CC2CCSC2)C1=O. The Morgan fingerprint density at radius 3 is 2.52 bits per heavy atom. The van der Waals surface area contributed by atoms with Gasteiger partial charge in [-0.25, -0.2) is 0 Å². The van der Waals surface area contributed by atoms with Crippen molar-refractivity contribution in [1.82, 2.24) is 10.2 Å². The smallest absolute Gasteiger partial charge is 0.245 e. The van der Waals surface area contributed by atoms with Gasteiger partial charge in [-0.3, -0.25) is 9.59 Å². The van der Waals surface area contributed by atoms with E-state index >= 15 is 0 Å². The molecule has 0 saturated carbocycles. The summed E-state index contributed by atoms with van der Waals surface area (Å²) >= 11 is 1.96. The highest BCUT2D eigenvalue weighted by molar-refractivity contribution is 7.99. The van der Waals surface area contributed by atoms with Crippen LogP contribution in [0.4, 0.5) is 0 Å². The van der Waals surface area contributed by atoms with Crippen LogP contribution in [0, 0.1) is 17.8 Å². The van der Waals surface area contributed by atoms with Gasteiger partial charge in [0.1, 0.15) is 12.1 Å². The lowest BCUT2D eigenvalue weighted by Gasteiger charge is -2.42. The Kier molecular flexibility index (Phi) is 5.58. The van der Waals surface area contributed by atoms with E-state index in [-0.39, 0.29) is 29.8 Å². The zero-order chi connectivity index (χ0) is 15.6. The molecule has 5 heteroatoms. The molecular formula is C16H28N2O2S. The van der Waals surface area contributed by atoms with Gasteiger partial charge < -0.3 is 10.2 Å². The Morgan fingerprint density at radius 1 is 1.29 bits per heavy atom. The van der Waals surface area contributed by atoms with E-state index < -0.39 is 0 Å².